The zero-order chi connectivity index (χ0) is 11.0. The van der Waals surface area contributed by atoms with Gasteiger partial charge in [0.05, 0.1) is 11.1 Å². The molecule has 1 aromatic carbocycles. The first-order chi connectivity index (χ1) is 7.08. The Bertz CT molecular complexity index is 400. The normalized spacial score (nSPS) is 19.9. The van der Waals surface area contributed by atoms with Crippen molar-refractivity contribution in [3.8, 4) is 5.75 Å². The average molecular weight is 247 g/mol. The lowest BCUT2D eigenvalue weighted by molar-refractivity contribution is 0.247. The van der Waals surface area contributed by atoms with Gasteiger partial charge in [0.2, 0.25) is 0 Å². The highest BCUT2D eigenvalue weighted by atomic mass is 35.5. The summed E-state index contributed by atoms with van der Waals surface area (Å²) in [5.41, 5.74) is 0.486. The number of phenols is 1. The maximum Gasteiger partial charge on any atom is 0.315 e. The van der Waals surface area contributed by atoms with Gasteiger partial charge in [-0.2, -0.15) is 0 Å². The van der Waals surface area contributed by atoms with Gasteiger partial charge in [-0.3, -0.25) is 0 Å². The van der Waals surface area contributed by atoms with E-state index in [1.807, 2.05) is 0 Å². The lowest BCUT2D eigenvalue weighted by Gasteiger charge is -2.13. The first-order valence-corrected chi connectivity index (χ1v) is 5.06. The molecule has 0 unspecified atom stereocenters. The fraction of sp³-hybridized carbons (Fsp3) is 0.222. The number of phenolic OH excluding ortho intramolecular Hbond substituents is 1. The Morgan fingerprint density at radius 3 is 2.67 bits per heavy atom. The predicted molar refractivity (Wildman–Crippen MR) is 57.4 cm³/mol. The number of hydrogen-bond acceptors (Lipinski definition) is 2. The van der Waals surface area contributed by atoms with Crippen molar-refractivity contribution in [1.29, 1.82) is 0 Å². The molecule has 0 saturated carbocycles. The summed E-state index contributed by atoms with van der Waals surface area (Å²) in [7, 11) is 0. The van der Waals surface area contributed by atoms with Crippen molar-refractivity contribution in [1.82, 2.24) is 10.6 Å². The molecule has 1 atom stereocenters. The Labute approximate surface area is 96.2 Å². The van der Waals surface area contributed by atoms with Crippen molar-refractivity contribution in [3.05, 3.63) is 27.7 Å². The van der Waals surface area contributed by atoms with Gasteiger partial charge in [-0.15, -0.1) is 0 Å². The zero-order valence-corrected chi connectivity index (χ0v) is 9.06. The van der Waals surface area contributed by atoms with Crippen molar-refractivity contribution in [2.24, 2.45) is 0 Å². The third-order valence-electron chi connectivity index (χ3n) is 2.19. The maximum atomic E-state index is 10.9. The second-order valence-electron chi connectivity index (χ2n) is 3.23. The van der Waals surface area contributed by atoms with Gasteiger partial charge >= 0.3 is 6.03 Å². The molecule has 0 bridgehead atoms. The van der Waals surface area contributed by atoms with Crippen molar-refractivity contribution in [2.75, 3.05) is 6.54 Å². The quantitative estimate of drug-likeness (QED) is 0.711. The molecular weight excluding hydrogens is 239 g/mol. The number of benzene rings is 1. The SMILES string of the molecule is O=C1NC[C@@H](c2c(O)cc(Cl)cc2Cl)N1. The van der Waals surface area contributed by atoms with Crippen LogP contribution in [0.2, 0.25) is 10.0 Å². The van der Waals surface area contributed by atoms with Crippen molar-refractivity contribution < 1.29 is 9.90 Å². The molecule has 0 aromatic heterocycles. The molecule has 3 N–H and O–H groups in total. The number of carbonyl (C=O) groups excluding carboxylic acids is 1. The highest BCUT2D eigenvalue weighted by molar-refractivity contribution is 6.35. The molecule has 2 amide bonds. The Balaban J connectivity index is 2.39. The Morgan fingerprint density at radius 1 is 1.40 bits per heavy atom. The fourth-order valence-electron chi connectivity index (χ4n) is 1.55. The molecule has 2 rings (SSSR count). The lowest BCUT2D eigenvalue weighted by Crippen LogP contribution is -2.21. The van der Waals surface area contributed by atoms with E-state index in [-0.39, 0.29) is 17.8 Å². The van der Waals surface area contributed by atoms with Crippen LogP contribution in [0.25, 0.3) is 0 Å². The van der Waals surface area contributed by atoms with E-state index in [0.717, 1.165) is 0 Å². The van der Waals surface area contributed by atoms with Crippen molar-refractivity contribution in [3.63, 3.8) is 0 Å². The van der Waals surface area contributed by atoms with Gasteiger partial charge in [-0.05, 0) is 12.1 Å². The number of urea groups is 1. The highest BCUT2D eigenvalue weighted by Gasteiger charge is 2.26. The summed E-state index contributed by atoms with van der Waals surface area (Å²) >= 11 is 11.6. The van der Waals surface area contributed by atoms with Crippen LogP contribution >= 0.6 is 23.2 Å². The molecule has 0 aliphatic carbocycles. The van der Waals surface area contributed by atoms with Gasteiger partial charge in [0.25, 0.3) is 0 Å². The monoisotopic (exact) mass is 246 g/mol. The Hall–Kier alpha value is -1.13. The standard InChI is InChI=1S/C9H8Cl2N2O2/c10-4-1-5(11)8(7(14)2-4)6-3-12-9(15)13-6/h1-2,6,14H,3H2,(H2,12,13,15)/t6-/m0/s1. The summed E-state index contributed by atoms with van der Waals surface area (Å²) in [6.45, 7) is 0.397. The minimum atomic E-state index is -0.317. The van der Waals surface area contributed by atoms with Crippen LogP contribution < -0.4 is 10.6 Å². The van der Waals surface area contributed by atoms with E-state index < -0.39 is 0 Å². The van der Waals surface area contributed by atoms with Gasteiger partial charge < -0.3 is 15.7 Å². The molecule has 15 heavy (non-hydrogen) atoms. The van der Waals surface area contributed by atoms with Crippen molar-refractivity contribution >= 4 is 29.2 Å². The van der Waals surface area contributed by atoms with Crippen LogP contribution in [-0.4, -0.2) is 17.7 Å². The highest BCUT2D eigenvalue weighted by Crippen LogP contribution is 2.35. The largest absolute Gasteiger partial charge is 0.507 e. The molecule has 80 valence electrons. The summed E-state index contributed by atoms with van der Waals surface area (Å²) in [5, 5.41) is 15.6. The summed E-state index contributed by atoms with van der Waals surface area (Å²) in [6, 6.07) is 2.34. The van der Waals surface area contributed by atoms with E-state index in [4.69, 9.17) is 23.2 Å². The first kappa shape index (κ1) is 10.4. The van der Waals surface area contributed by atoms with E-state index in [1.54, 1.807) is 0 Å². The summed E-state index contributed by atoms with van der Waals surface area (Å²) in [6.07, 6.45) is 0. The van der Waals surface area contributed by atoms with E-state index >= 15 is 0 Å². The molecule has 1 aliphatic rings. The maximum absolute atomic E-state index is 10.9. The predicted octanol–water partition coefficient (Wildman–Crippen LogP) is 2.05. The molecule has 0 radical (unpaired) electrons. The van der Waals surface area contributed by atoms with E-state index in [9.17, 15) is 9.90 Å². The lowest BCUT2D eigenvalue weighted by atomic mass is 10.1. The van der Waals surface area contributed by atoms with Gasteiger partial charge in [-0.1, -0.05) is 23.2 Å². The van der Waals surface area contributed by atoms with Crippen LogP contribution in [0.3, 0.4) is 0 Å². The Morgan fingerprint density at radius 2 is 2.13 bits per heavy atom. The second-order valence-corrected chi connectivity index (χ2v) is 4.07. The molecule has 1 heterocycles. The molecule has 6 heteroatoms. The topological polar surface area (TPSA) is 61.4 Å². The van der Waals surface area contributed by atoms with Gasteiger partial charge in [0.15, 0.2) is 0 Å². The number of halogens is 2. The Kier molecular flexibility index (Phi) is 2.63. The van der Waals surface area contributed by atoms with Crippen LogP contribution in [0, 0.1) is 0 Å². The molecule has 0 spiro atoms. The number of nitrogens with one attached hydrogen (secondary N) is 2. The summed E-state index contributed by atoms with van der Waals surface area (Å²) in [5.74, 6) is -0.0125. The first-order valence-electron chi connectivity index (χ1n) is 4.30. The smallest absolute Gasteiger partial charge is 0.315 e. The van der Waals surface area contributed by atoms with Crippen molar-refractivity contribution in [2.45, 2.75) is 6.04 Å². The molecule has 1 aliphatic heterocycles. The molecule has 1 aromatic rings. The van der Waals surface area contributed by atoms with E-state index in [2.05, 4.69) is 10.6 Å². The van der Waals surface area contributed by atoms with Crippen LogP contribution in [-0.2, 0) is 0 Å². The van der Waals surface area contributed by atoms with E-state index in [1.165, 1.54) is 12.1 Å². The van der Waals surface area contributed by atoms with Crippen LogP contribution in [0.5, 0.6) is 5.75 Å². The van der Waals surface area contributed by atoms with Crippen LogP contribution in [0.1, 0.15) is 11.6 Å². The minimum absolute atomic E-state index is 0.0125. The third-order valence-corrected chi connectivity index (χ3v) is 2.72. The van der Waals surface area contributed by atoms with E-state index in [0.29, 0.717) is 22.2 Å². The minimum Gasteiger partial charge on any atom is -0.507 e. The average Bonchev–Trinajstić information content (AvgIpc) is 2.49. The summed E-state index contributed by atoms with van der Waals surface area (Å²) in [4.78, 5) is 10.9. The molecule has 1 saturated heterocycles. The molecule has 1 fully saturated rings. The second kappa shape index (κ2) is 3.79. The van der Waals surface area contributed by atoms with Gasteiger partial charge in [0.1, 0.15) is 5.75 Å². The van der Waals surface area contributed by atoms with Crippen LogP contribution in [0.4, 0.5) is 4.79 Å². The third kappa shape index (κ3) is 1.96. The number of amides is 2. The molecular formula is C9H8Cl2N2O2. The number of carbonyl (C=O) groups is 1. The fourth-order valence-corrected chi connectivity index (χ4v) is 2.16. The van der Waals surface area contributed by atoms with Gasteiger partial charge in [-0.25, -0.2) is 4.79 Å². The van der Waals surface area contributed by atoms with Crippen LogP contribution in [0.15, 0.2) is 12.1 Å². The number of aromatic hydroxyl groups is 1. The summed E-state index contributed by atoms with van der Waals surface area (Å²) < 4.78 is 0. The number of rotatable bonds is 1. The number of hydrogen-bond donors (Lipinski definition) is 3. The molecule has 4 nitrogen and oxygen atoms in total. The van der Waals surface area contributed by atoms with Gasteiger partial charge in [0, 0.05) is 17.1 Å². The zero-order valence-electron chi connectivity index (χ0n) is 7.55.